The third-order valence-corrected chi connectivity index (χ3v) is 3.73. The number of hydrogen-bond donors (Lipinski definition) is 1. The Morgan fingerprint density at radius 2 is 1.86 bits per heavy atom. The highest BCUT2D eigenvalue weighted by Gasteiger charge is 2.20. The number of ether oxygens (including phenoxy) is 1. The number of aliphatic carboxylic acids is 1. The van der Waals surface area contributed by atoms with Gasteiger partial charge >= 0.3 is 5.97 Å². The molecular weight excluding hydrogens is 335 g/mol. The Morgan fingerprint density at radius 3 is 2.48 bits per heavy atom. The highest BCUT2D eigenvalue weighted by atomic mass is 35.5. The Kier molecular flexibility index (Phi) is 5.34. The maximum atomic E-state index is 11.3. The standard InChI is InChI=1S/C15H11Cl3O3/c16-10-2-1-3-11(8-10)21-14(15(19)20)7-9-4-5-12(17)13(18)6-9/h1-6,8,14H,7H2,(H,19,20). The minimum atomic E-state index is -1.07. The molecule has 0 amide bonds. The lowest BCUT2D eigenvalue weighted by atomic mass is 10.1. The van der Waals surface area contributed by atoms with E-state index in [-0.39, 0.29) is 6.42 Å². The number of carboxylic acid groups (broad SMARTS) is 1. The van der Waals surface area contributed by atoms with Crippen molar-refractivity contribution in [2.24, 2.45) is 0 Å². The summed E-state index contributed by atoms with van der Waals surface area (Å²) in [6, 6.07) is 11.5. The summed E-state index contributed by atoms with van der Waals surface area (Å²) in [7, 11) is 0. The van der Waals surface area contributed by atoms with Gasteiger partial charge in [0, 0.05) is 11.4 Å². The molecule has 0 aliphatic rings. The molecule has 1 unspecified atom stereocenters. The van der Waals surface area contributed by atoms with Crippen molar-refractivity contribution >= 4 is 40.8 Å². The minimum absolute atomic E-state index is 0.165. The Morgan fingerprint density at radius 1 is 1.10 bits per heavy atom. The van der Waals surface area contributed by atoms with Gasteiger partial charge in [0.1, 0.15) is 5.75 Å². The number of hydrogen-bond acceptors (Lipinski definition) is 2. The molecule has 0 heterocycles. The summed E-state index contributed by atoms with van der Waals surface area (Å²) in [5.74, 6) is -0.670. The topological polar surface area (TPSA) is 46.5 Å². The van der Waals surface area contributed by atoms with E-state index in [9.17, 15) is 9.90 Å². The van der Waals surface area contributed by atoms with Crippen molar-refractivity contribution in [1.82, 2.24) is 0 Å². The van der Waals surface area contributed by atoms with Crippen molar-refractivity contribution in [3.63, 3.8) is 0 Å². The van der Waals surface area contributed by atoms with E-state index in [0.29, 0.717) is 20.8 Å². The van der Waals surface area contributed by atoms with Crippen LogP contribution in [0.25, 0.3) is 0 Å². The summed E-state index contributed by atoms with van der Waals surface area (Å²) in [5.41, 5.74) is 0.721. The van der Waals surface area contributed by atoms with Gasteiger partial charge < -0.3 is 9.84 Å². The van der Waals surface area contributed by atoms with Gasteiger partial charge in [-0.2, -0.15) is 0 Å². The number of rotatable bonds is 5. The SMILES string of the molecule is O=C(O)C(Cc1ccc(Cl)c(Cl)c1)Oc1cccc(Cl)c1. The Hall–Kier alpha value is -1.42. The molecule has 0 radical (unpaired) electrons. The van der Waals surface area contributed by atoms with E-state index in [0.717, 1.165) is 5.56 Å². The Bertz CT molecular complexity index is 658. The molecule has 0 aliphatic heterocycles. The second-order valence-corrected chi connectivity index (χ2v) is 5.61. The summed E-state index contributed by atoms with van der Waals surface area (Å²) < 4.78 is 5.47. The summed E-state index contributed by atoms with van der Waals surface area (Å²) >= 11 is 17.6. The fraction of sp³-hybridized carbons (Fsp3) is 0.133. The van der Waals surface area contributed by atoms with E-state index in [1.807, 2.05) is 0 Å². The van der Waals surface area contributed by atoms with Crippen LogP contribution in [0, 0.1) is 0 Å². The molecule has 0 saturated heterocycles. The number of benzene rings is 2. The molecule has 3 nitrogen and oxygen atoms in total. The van der Waals surface area contributed by atoms with Crippen LogP contribution in [0.4, 0.5) is 0 Å². The van der Waals surface area contributed by atoms with Gasteiger partial charge in [0.05, 0.1) is 10.0 Å². The average Bonchev–Trinajstić information content (AvgIpc) is 2.42. The first-order valence-electron chi connectivity index (χ1n) is 6.04. The quantitative estimate of drug-likeness (QED) is 0.852. The van der Waals surface area contributed by atoms with E-state index in [2.05, 4.69) is 0 Å². The minimum Gasteiger partial charge on any atom is -0.478 e. The fourth-order valence-corrected chi connectivity index (χ4v) is 2.27. The fourth-order valence-electron chi connectivity index (χ4n) is 1.76. The van der Waals surface area contributed by atoms with Crippen molar-refractivity contribution in [3.8, 4) is 5.75 Å². The summed E-state index contributed by atoms with van der Waals surface area (Å²) in [6.07, 6.45) is -0.876. The molecule has 0 fully saturated rings. The molecule has 0 saturated carbocycles. The Labute approximate surface area is 137 Å². The van der Waals surface area contributed by atoms with E-state index in [4.69, 9.17) is 39.5 Å². The zero-order valence-electron chi connectivity index (χ0n) is 10.7. The largest absolute Gasteiger partial charge is 0.478 e. The van der Waals surface area contributed by atoms with Crippen LogP contribution >= 0.6 is 34.8 Å². The zero-order valence-corrected chi connectivity index (χ0v) is 13.0. The van der Waals surface area contributed by atoms with Gasteiger partial charge in [-0.05, 0) is 35.9 Å². The van der Waals surface area contributed by atoms with Crippen LogP contribution in [0.5, 0.6) is 5.75 Å². The maximum Gasteiger partial charge on any atom is 0.345 e. The first-order chi connectivity index (χ1) is 9.95. The van der Waals surface area contributed by atoms with Crippen LogP contribution in [0.3, 0.4) is 0 Å². The lowest BCUT2D eigenvalue weighted by Crippen LogP contribution is -2.29. The highest BCUT2D eigenvalue weighted by Crippen LogP contribution is 2.24. The van der Waals surface area contributed by atoms with E-state index in [1.165, 1.54) is 0 Å². The van der Waals surface area contributed by atoms with Gasteiger partial charge in [-0.1, -0.05) is 46.9 Å². The molecule has 0 aromatic heterocycles. The molecule has 21 heavy (non-hydrogen) atoms. The van der Waals surface area contributed by atoms with Crippen molar-refractivity contribution in [2.45, 2.75) is 12.5 Å². The molecule has 0 aliphatic carbocycles. The van der Waals surface area contributed by atoms with E-state index < -0.39 is 12.1 Å². The van der Waals surface area contributed by atoms with Crippen LogP contribution in [0.2, 0.25) is 15.1 Å². The zero-order chi connectivity index (χ0) is 15.4. The average molecular weight is 346 g/mol. The van der Waals surface area contributed by atoms with Crippen LogP contribution < -0.4 is 4.74 Å². The molecule has 110 valence electrons. The van der Waals surface area contributed by atoms with Gasteiger partial charge in [0.15, 0.2) is 6.10 Å². The molecule has 2 rings (SSSR count). The van der Waals surface area contributed by atoms with Gasteiger partial charge in [-0.25, -0.2) is 4.79 Å². The molecule has 6 heteroatoms. The van der Waals surface area contributed by atoms with Crippen LogP contribution in [-0.4, -0.2) is 17.2 Å². The second kappa shape index (κ2) is 7.03. The first-order valence-corrected chi connectivity index (χ1v) is 7.18. The third-order valence-electron chi connectivity index (χ3n) is 2.75. The molecule has 2 aromatic carbocycles. The smallest absolute Gasteiger partial charge is 0.345 e. The predicted molar refractivity (Wildman–Crippen MR) is 83.7 cm³/mol. The number of carbonyl (C=O) groups is 1. The Balaban J connectivity index is 2.15. The summed E-state index contributed by atoms with van der Waals surface area (Å²) in [6.45, 7) is 0. The van der Waals surface area contributed by atoms with Crippen LogP contribution in [-0.2, 0) is 11.2 Å². The number of carboxylic acids is 1. The predicted octanol–water partition coefficient (Wildman–Crippen LogP) is 4.72. The van der Waals surface area contributed by atoms with Crippen molar-refractivity contribution in [1.29, 1.82) is 0 Å². The lowest BCUT2D eigenvalue weighted by Gasteiger charge is -2.15. The van der Waals surface area contributed by atoms with Crippen molar-refractivity contribution in [2.75, 3.05) is 0 Å². The second-order valence-electron chi connectivity index (χ2n) is 4.35. The van der Waals surface area contributed by atoms with E-state index in [1.54, 1.807) is 42.5 Å². The third kappa shape index (κ3) is 4.53. The lowest BCUT2D eigenvalue weighted by molar-refractivity contribution is -0.145. The molecular formula is C15H11Cl3O3. The molecule has 0 bridgehead atoms. The highest BCUT2D eigenvalue weighted by molar-refractivity contribution is 6.42. The van der Waals surface area contributed by atoms with Crippen LogP contribution in [0.15, 0.2) is 42.5 Å². The van der Waals surface area contributed by atoms with Gasteiger partial charge in [-0.15, -0.1) is 0 Å². The monoisotopic (exact) mass is 344 g/mol. The van der Waals surface area contributed by atoms with Crippen molar-refractivity contribution in [3.05, 3.63) is 63.1 Å². The van der Waals surface area contributed by atoms with Gasteiger partial charge in [0.2, 0.25) is 0 Å². The molecule has 1 N–H and O–H groups in total. The van der Waals surface area contributed by atoms with E-state index >= 15 is 0 Å². The molecule has 2 aromatic rings. The van der Waals surface area contributed by atoms with Crippen LogP contribution in [0.1, 0.15) is 5.56 Å². The van der Waals surface area contributed by atoms with Crippen molar-refractivity contribution < 1.29 is 14.6 Å². The van der Waals surface area contributed by atoms with Gasteiger partial charge in [-0.3, -0.25) is 0 Å². The normalized spacial score (nSPS) is 12.0. The number of halogens is 3. The summed E-state index contributed by atoms with van der Waals surface area (Å²) in [5, 5.41) is 10.5. The summed E-state index contributed by atoms with van der Waals surface area (Å²) in [4.78, 5) is 11.3. The molecule has 1 atom stereocenters. The maximum absolute atomic E-state index is 11.3. The molecule has 0 spiro atoms. The first kappa shape index (κ1) is 16.0. The van der Waals surface area contributed by atoms with Gasteiger partial charge in [0.25, 0.3) is 0 Å².